The van der Waals surface area contributed by atoms with E-state index in [1.165, 1.54) is 0 Å². The molecule has 2 aromatic rings. The molecule has 0 radical (unpaired) electrons. The molecule has 0 aliphatic carbocycles. The van der Waals surface area contributed by atoms with E-state index in [1.54, 1.807) is 16.2 Å². The third-order valence-corrected chi connectivity index (χ3v) is 5.93. The summed E-state index contributed by atoms with van der Waals surface area (Å²) >= 11 is 1.54. The molecule has 0 spiro atoms. The van der Waals surface area contributed by atoms with Crippen molar-refractivity contribution in [2.45, 2.75) is 32.1 Å². The number of amides is 2. The quantitative estimate of drug-likeness (QED) is 0.630. The number of rotatable bonds is 1. The molecule has 0 saturated carbocycles. The van der Waals surface area contributed by atoms with Crippen LogP contribution in [0.4, 0.5) is 9.93 Å². The zero-order valence-electron chi connectivity index (χ0n) is 14.0. The number of carbonyl (C=O) groups is 1. The minimum atomic E-state index is -1.48. The molecule has 1 aromatic carbocycles. The molecule has 5 nitrogen and oxygen atoms in total. The number of anilines is 1. The van der Waals surface area contributed by atoms with Crippen molar-refractivity contribution in [3.05, 3.63) is 17.7 Å². The van der Waals surface area contributed by atoms with Gasteiger partial charge in [0.15, 0.2) is 5.13 Å². The number of fused-ring (bicyclic) bond motifs is 3. The van der Waals surface area contributed by atoms with E-state index in [-0.39, 0.29) is 12.1 Å². The minimum absolute atomic E-state index is 0.114. The van der Waals surface area contributed by atoms with Crippen molar-refractivity contribution in [2.24, 2.45) is 0 Å². The first-order chi connectivity index (χ1) is 11.4. The van der Waals surface area contributed by atoms with E-state index >= 15 is 0 Å². The molecule has 124 valence electrons. The summed E-state index contributed by atoms with van der Waals surface area (Å²) in [6.45, 7) is 7.86. The van der Waals surface area contributed by atoms with Crippen LogP contribution >= 0.6 is 11.3 Å². The van der Waals surface area contributed by atoms with E-state index in [1.807, 2.05) is 12.1 Å². The molecule has 24 heavy (non-hydrogen) atoms. The second-order valence-electron chi connectivity index (χ2n) is 7.08. The van der Waals surface area contributed by atoms with E-state index in [2.05, 4.69) is 36.4 Å². The van der Waals surface area contributed by atoms with Crippen molar-refractivity contribution in [3.63, 3.8) is 0 Å². The van der Waals surface area contributed by atoms with Gasteiger partial charge in [-0.25, -0.2) is 9.78 Å². The number of carbonyl (C=O) groups excluding carboxylic acids is 1. The molecule has 1 aromatic heterocycles. The largest absolute Gasteiger partial charge is 0.493 e. The monoisotopic (exact) mass is 357 g/mol. The molecule has 7 heteroatoms. The van der Waals surface area contributed by atoms with Crippen molar-refractivity contribution in [1.29, 1.82) is 0 Å². The van der Waals surface area contributed by atoms with Crippen LogP contribution in [0.15, 0.2) is 12.1 Å². The van der Waals surface area contributed by atoms with Gasteiger partial charge < -0.3 is 10.1 Å². The highest BCUT2D eigenvalue weighted by molar-refractivity contribution is 7.22. The summed E-state index contributed by atoms with van der Waals surface area (Å²) in [6.07, 6.45) is 0.876. The molecular formula is C17H19N3O2SSi. The SMILES string of the molecule is C[Si](C)(C)C#C[C@@H]1CNC(=O)N1c1nc2c3c(ccc2s1)OCC3. The third-order valence-electron chi connectivity index (χ3n) is 4.02. The second kappa shape index (κ2) is 5.50. The van der Waals surface area contributed by atoms with Crippen LogP contribution in [0.2, 0.25) is 19.6 Å². The van der Waals surface area contributed by atoms with Crippen LogP contribution in [0.25, 0.3) is 10.2 Å². The Balaban J connectivity index is 1.74. The highest BCUT2D eigenvalue weighted by atomic mass is 32.1. The molecule has 0 bridgehead atoms. The zero-order chi connectivity index (χ0) is 16.9. The van der Waals surface area contributed by atoms with E-state index in [0.717, 1.165) is 33.1 Å². The van der Waals surface area contributed by atoms with Crippen molar-refractivity contribution in [1.82, 2.24) is 10.3 Å². The number of aromatic nitrogens is 1. The van der Waals surface area contributed by atoms with Gasteiger partial charge in [0.05, 0.1) is 23.4 Å². The lowest BCUT2D eigenvalue weighted by Gasteiger charge is -2.16. The number of benzene rings is 1. The van der Waals surface area contributed by atoms with Gasteiger partial charge in [0.2, 0.25) is 0 Å². The number of hydrogen-bond donors (Lipinski definition) is 1. The number of ether oxygens (including phenoxy) is 1. The Morgan fingerprint density at radius 2 is 2.25 bits per heavy atom. The third kappa shape index (κ3) is 2.66. The number of urea groups is 1. The summed E-state index contributed by atoms with van der Waals surface area (Å²) in [5.41, 5.74) is 5.48. The lowest BCUT2D eigenvalue weighted by Crippen LogP contribution is -2.33. The highest BCUT2D eigenvalue weighted by Crippen LogP contribution is 2.38. The van der Waals surface area contributed by atoms with Crippen molar-refractivity contribution in [2.75, 3.05) is 18.1 Å². The fraction of sp³-hybridized carbons (Fsp3) is 0.412. The van der Waals surface area contributed by atoms with Gasteiger partial charge >= 0.3 is 6.03 Å². The van der Waals surface area contributed by atoms with Gasteiger partial charge in [-0.05, 0) is 12.1 Å². The molecule has 1 saturated heterocycles. The van der Waals surface area contributed by atoms with Crippen molar-refractivity contribution >= 4 is 40.8 Å². The summed E-state index contributed by atoms with van der Waals surface area (Å²) in [7, 11) is -1.48. The molecule has 4 rings (SSSR count). The first kappa shape index (κ1) is 15.5. The maximum Gasteiger partial charge on any atom is 0.324 e. The smallest absolute Gasteiger partial charge is 0.324 e. The predicted octanol–water partition coefficient (Wildman–Crippen LogP) is 3.01. The summed E-state index contributed by atoms with van der Waals surface area (Å²) in [5, 5.41) is 3.61. The van der Waals surface area contributed by atoms with Crippen LogP contribution in [0.3, 0.4) is 0 Å². The number of nitrogens with zero attached hydrogens (tertiary/aromatic N) is 2. The zero-order valence-corrected chi connectivity index (χ0v) is 15.8. The normalized spacial score (nSPS) is 19.7. The van der Waals surface area contributed by atoms with Crippen LogP contribution in [0.1, 0.15) is 5.56 Å². The number of hydrogen-bond acceptors (Lipinski definition) is 4. The lowest BCUT2D eigenvalue weighted by molar-refractivity contribution is 0.252. The molecule has 2 aliphatic rings. The van der Waals surface area contributed by atoms with Gasteiger partial charge in [-0.3, -0.25) is 4.90 Å². The fourth-order valence-corrected chi connectivity index (χ4v) is 4.54. The van der Waals surface area contributed by atoms with Crippen LogP contribution in [-0.4, -0.2) is 38.3 Å². The fourth-order valence-electron chi connectivity index (χ4n) is 2.90. The summed E-state index contributed by atoms with van der Waals surface area (Å²) in [5.74, 6) is 4.21. The van der Waals surface area contributed by atoms with Gasteiger partial charge in [0.1, 0.15) is 19.9 Å². The highest BCUT2D eigenvalue weighted by Gasteiger charge is 2.34. The summed E-state index contributed by atoms with van der Waals surface area (Å²) < 4.78 is 6.70. The van der Waals surface area contributed by atoms with E-state index in [4.69, 9.17) is 9.72 Å². The Morgan fingerprint density at radius 1 is 1.42 bits per heavy atom. The maximum atomic E-state index is 12.3. The predicted molar refractivity (Wildman–Crippen MR) is 99.6 cm³/mol. The van der Waals surface area contributed by atoms with Gasteiger partial charge in [-0.1, -0.05) is 36.9 Å². The Hall–Kier alpha value is -2.04. The van der Waals surface area contributed by atoms with Crippen LogP contribution in [-0.2, 0) is 6.42 Å². The van der Waals surface area contributed by atoms with E-state index in [9.17, 15) is 4.79 Å². The van der Waals surface area contributed by atoms with Crippen molar-refractivity contribution in [3.8, 4) is 17.2 Å². The first-order valence-electron chi connectivity index (χ1n) is 8.07. The Kier molecular flexibility index (Phi) is 3.55. The molecule has 1 fully saturated rings. The molecule has 3 heterocycles. The Morgan fingerprint density at radius 3 is 3.04 bits per heavy atom. The average Bonchev–Trinajstić information content (AvgIpc) is 3.20. The second-order valence-corrected chi connectivity index (χ2v) is 12.8. The first-order valence-corrected chi connectivity index (χ1v) is 12.4. The van der Waals surface area contributed by atoms with Gasteiger partial charge in [0.25, 0.3) is 0 Å². The molecular weight excluding hydrogens is 338 g/mol. The molecule has 2 aliphatic heterocycles. The molecule has 1 N–H and O–H groups in total. The minimum Gasteiger partial charge on any atom is -0.493 e. The number of nitrogens with one attached hydrogen (secondary N) is 1. The van der Waals surface area contributed by atoms with Crippen LogP contribution < -0.4 is 15.0 Å². The summed E-state index contributed by atoms with van der Waals surface area (Å²) in [4.78, 5) is 18.8. The molecule has 0 unspecified atom stereocenters. The van der Waals surface area contributed by atoms with Crippen molar-refractivity contribution < 1.29 is 9.53 Å². The molecule has 1 atom stereocenters. The van der Waals surface area contributed by atoms with Crippen LogP contribution in [0.5, 0.6) is 5.75 Å². The van der Waals surface area contributed by atoms with Gasteiger partial charge in [0, 0.05) is 12.0 Å². The van der Waals surface area contributed by atoms with Gasteiger partial charge in [-0.15, -0.1) is 5.54 Å². The maximum absolute atomic E-state index is 12.3. The number of thiazole rings is 1. The average molecular weight is 358 g/mol. The molecule has 2 amide bonds. The summed E-state index contributed by atoms with van der Waals surface area (Å²) in [6, 6.07) is 3.77. The van der Waals surface area contributed by atoms with E-state index < -0.39 is 8.07 Å². The standard InChI is InChI=1S/C17H19N3O2SSi/c1-24(2,3)9-7-11-10-18-16(21)20(11)17-19-15-12-6-8-22-13(12)4-5-14(15)23-17/h4-5,11H,6,8,10H2,1-3H3,(H,18,21)/t11-/m1/s1. The Labute approximate surface area is 146 Å². The lowest BCUT2D eigenvalue weighted by atomic mass is 10.1. The van der Waals surface area contributed by atoms with E-state index in [0.29, 0.717) is 13.2 Å². The topological polar surface area (TPSA) is 54.5 Å². The van der Waals surface area contributed by atoms with Crippen LogP contribution in [0, 0.1) is 11.5 Å². The van der Waals surface area contributed by atoms with Gasteiger partial charge in [-0.2, -0.15) is 0 Å². The Bertz CT molecular complexity index is 891.